The molecule has 5 aliphatic rings. The van der Waals surface area contributed by atoms with Gasteiger partial charge in [0.25, 0.3) is 0 Å². The summed E-state index contributed by atoms with van der Waals surface area (Å²) in [4.78, 5) is 40.6. The number of fused-ring (bicyclic) bond motifs is 24. The predicted octanol–water partition coefficient (Wildman–Crippen LogP) is 32.0. The average molecular weight is 1900 g/mol. The van der Waals surface area contributed by atoms with Gasteiger partial charge in [-0.15, -0.1) is 11.5 Å². The van der Waals surface area contributed by atoms with Crippen LogP contribution < -0.4 is 19.7 Å². The second kappa shape index (κ2) is 38.7. The molecule has 6 aromatic carbocycles. The normalized spacial score (nSPS) is 13.8. The van der Waals surface area contributed by atoms with Gasteiger partial charge in [0.15, 0.2) is 0 Å². The third kappa shape index (κ3) is 18.1. The number of aryl methyl sites for hydroxylation is 8. The molecule has 0 amide bonds. The van der Waals surface area contributed by atoms with Crippen molar-refractivity contribution < 1.29 is 39.2 Å². The Hall–Kier alpha value is -11.7. The van der Waals surface area contributed by atoms with E-state index in [4.69, 9.17) is 29.4 Å². The third-order valence-corrected chi connectivity index (χ3v) is 30.7. The summed E-state index contributed by atoms with van der Waals surface area (Å²) in [6, 6.07) is 45.2. The molecule has 6 aromatic heterocycles. The maximum absolute atomic E-state index is 16.6. The van der Waals surface area contributed by atoms with Crippen LogP contribution in [0.3, 0.4) is 0 Å². The molecule has 139 heavy (non-hydrogen) atoms. The van der Waals surface area contributed by atoms with E-state index in [1.54, 1.807) is 0 Å². The number of rotatable bonds is 18. The van der Waals surface area contributed by atoms with Crippen LogP contribution in [0.25, 0.3) is 133 Å². The van der Waals surface area contributed by atoms with Gasteiger partial charge >= 0.3 is 19.5 Å². The van der Waals surface area contributed by atoms with Gasteiger partial charge in [-0.1, -0.05) is 272 Å². The molecule has 0 fully saturated rings. The molecule has 4 aliphatic heterocycles. The minimum atomic E-state index is -0.126. The van der Waals surface area contributed by atoms with Crippen molar-refractivity contribution in [2.45, 2.75) is 319 Å². The van der Waals surface area contributed by atoms with E-state index < -0.39 is 0 Å². The maximum atomic E-state index is 16.6. The van der Waals surface area contributed by atoms with Crippen LogP contribution in [0.4, 0.5) is 0 Å². The molecule has 4 N–H and O–H groups in total. The minimum Gasteiger partial charge on any atom is -0.872 e. The SMILES string of the molecule is CCCOc1c2cccc1Cc1cc(-c3c4nc(cc5[nH]c(c(C)c5CC)c(-c5cc(C(C)(C)C)cc(C(C)(C)C)c5)c5nc(cc6[nH]c3c(C)c6CC)C(CC)=C5C)C(CC)=C4C)cc(c1[O-])Cc1cccc(c1OCCC)Cc1cc(-c3c4nc(cc5[nH]c(c(C)c5CC)c(-c5cc(C(C)(C)C)cc(C(C)(C)C)c5)c5nc(cc6[nH]c3c(C)c6CC)C(CC)=C5C)C(CC)=C4C)cc(c1[O-])C2.[Zn+2]. The number of aromatic amines is 4. The Kier molecular flexibility index (Phi) is 28.0. The van der Waals surface area contributed by atoms with Gasteiger partial charge in [-0.2, -0.15) is 0 Å². The molecular formula is C126H146N8O4Zn. The third-order valence-electron chi connectivity index (χ3n) is 30.7. The summed E-state index contributed by atoms with van der Waals surface area (Å²) < 4.78 is 14.4. The molecule has 10 heterocycles. The van der Waals surface area contributed by atoms with E-state index in [-0.39, 0.29) is 78.3 Å². The molecule has 0 spiro atoms. The van der Waals surface area contributed by atoms with Crippen LogP contribution in [0.5, 0.6) is 23.0 Å². The number of H-pyrrole nitrogens is 4. The zero-order valence-corrected chi connectivity index (χ0v) is 92.0. The molecule has 12 aromatic rings. The largest absolute Gasteiger partial charge is 2.00 e. The maximum Gasteiger partial charge on any atom is 2.00 e. The van der Waals surface area contributed by atoms with Crippen LogP contribution in [-0.4, -0.2) is 53.1 Å². The van der Waals surface area contributed by atoms with Gasteiger partial charge in [-0.3, -0.25) is 0 Å². The molecule has 0 saturated heterocycles. The summed E-state index contributed by atoms with van der Waals surface area (Å²) in [6.45, 7) is 69.3. The fraction of sp³-hybridized carbons (Fsp3) is 0.397. The number of hydrogen-bond donors (Lipinski definition) is 4. The first-order valence-corrected chi connectivity index (χ1v) is 51.5. The van der Waals surface area contributed by atoms with Crippen molar-refractivity contribution >= 4 is 88.7 Å². The number of hydrogen-bond acceptors (Lipinski definition) is 8. The standard InChI is InChI=1S/C126H148N8O4.Zn/c1-31-47-137-121-75-43-41-44-76(121)50-84-54-80(108-113-69(13)93(35-5)101(129-113)65-105-97(39-9)73(17)117(133-105)110(82-59-89(125(25,26)27)62-90(60-82)126(28,29)30)118-74(18)98(40-10)106(134-118)66-102-94(36-6)70(14)114(108)130-102)56-86(120(84)136)52-78-46-42-45-77(122(78)138-48-32-2)51-85-55-79(53-83(49-75)119(85)135)107-111-67(11)91(33-3)99(127-111)63-103-95(37-7)71(15)115(131-103)109(81-57-87(123(19,20)21)61-88(58-81)124(22,23)24)116-72(16)96(38-8)104(132-116)64-100-92(34-4)68(12)112(107)128-100;/h41-46,53-66,127,129,132,134-136H,31-40,47-52H2,1-30H3;/q;+2/p-2. The number of benzene rings is 6. The monoisotopic (exact) mass is 1900 g/mol. The van der Waals surface area contributed by atoms with E-state index in [9.17, 15) is 0 Å². The van der Waals surface area contributed by atoms with Crippen LogP contribution in [0.2, 0.25) is 0 Å². The molecule has 24 bridgehead atoms. The minimum absolute atomic E-state index is 0. The van der Waals surface area contributed by atoms with Crippen LogP contribution in [0.1, 0.15) is 375 Å². The number of nitrogens with zero attached hydrogens (tertiary/aromatic N) is 4. The van der Waals surface area contributed by atoms with E-state index in [2.05, 4.69) is 349 Å². The van der Waals surface area contributed by atoms with E-state index in [0.29, 0.717) is 47.0 Å². The summed E-state index contributed by atoms with van der Waals surface area (Å²) in [6.07, 6.45) is 8.51. The van der Waals surface area contributed by atoms with Gasteiger partial charge in [-0.05, 0) is 321 Å². The Labute approximate surface area is 840 Å². The average Bonchev–Trinajstić information content (AvgIpc) is 1.59. The first-order valence-electron chi connectivity index (χ1n) is 51.5. The molecular weight excluding hydrogens is 1750 g/mol. The van der Waals surface area contributed by atoms with Crippen LogP contribution in [0.15, 0.2) is 121 Å². The molecule has 0 saturated carbocycles. The Morgan fingerprint density at radius 2 is 0.504 bits per heavy atom. The van der Waals surface area contributed by atoms with Crippen molar-refractivity contribution in [1.82, 2.24) is 39.9 Å². The van der Waals surface area contributed by atoms with Crippen molar-refractivity contribution in [3.8, 4) is 67.5 Å². The van der Waals surface area contributed by atoms with Gasteiger partial charge < -0.3 is 39.6 Å². The van der Waals surface area contributed by atoms with E-state index >= 15 is 10.2 Å². The number of allylic oxidation sites excluding steroid dienone is 8. The molecule has 0 unspecified atom stereocenters. The van der Waals surface area contributed by atoms with Gasteiger partial charge in [0.05, 0.1) is 80.8 Å². The molecule has 1 aliphatic carbocycles. The van der Waals surface area contributed by atoms with Crippen molar-refractivity contribution in [2.75, 3.05) is 13.2 Å². The Morgan fingerprint density at radius 3 is 0.698 bits per heavy atom. The zero-order chi connectivity index (χ0) is 98.9. The van der Waals surface area contributed by atoms with Crippen molar-refractivity contribution in [2.24, 2.45) is 0 Å². The van der Waals surface area contributed by atoms with Gasteiger partial charge in [0, 0.05) is 70.0 Å². The quantitative estimate of drug-likeness (QED) is 0.0613. The zero-order valence-electron chi connectivity index (χ0n) is 89.0. The molecule has 716 valence electrons. The Morgan fingerprint density at radius 1 is 0.288 bits per heavy atom. The van der Waals surface area contributed by atoms with Crippen molar-refractivity contribution in [3.05, 3.63) is 278 Å². The second-order valence-electron chi connectivity index (χ2n) is 43.8. The van der Waals surface area contributed by atoms with Crippen molar-refractivity contribution in [3.63, 3.8) is 0 Å². The first-order chi connectivity index (χ1) is 65.6. The van der Waals surface area contributed by atoms with Crippen molar-refractivity contribution in [1.29, 1.82) is 0 Å². The molecule has 13 heteroatoms. The summed E-state index contributed by atoms with van der Waals surface area (Å²) in [5.74, 6) is 1.27. The van der Waals surface area contributed by atoms with E-state index in [0.717, 1.165) is 254 Å². The van der Waals surface area contributed by atoms with E-state index in [1.165, 1.54) is 77.9 Å². The Balaban J connectivity index is 0.0000140. The number of para-hydroxylation sites is 2. The summed E-state index contributed by atoms with van der Waals surface area (Å²) in [7, 11) is 0. The molecule has 0 atom stereocenters. The topological polar surface area (TPSA) is 179 Å². The fourth-order valence-corrected chi connectivity index (χ4v) is 22.8. The molecule has 0 radical (unpaired) electrons. The smallest absolute Gasteiger partial charge is 0.872 e. The van der Waals surface area contributed by atoms with Crippen LogP contribution >= 0.6 is 0 Å². The van der Waals surface area contributed by atoms with Crippen LogP contribution in [0, 0.1) is 27.7 Å². The predicted molar refractivity (Wildman–Crippen MR) is 581 cm³/mol. The van der Waals surface area contributed by atoms with Gasteiger partial charge in [0.1, 0.15) is 11.5 Å². The fourth-order valence-electron chi connectivity index (χ4n) is 22.8. The summed E-state index contributed by atoms with van der Waals surface area (Å²) in [5.41, 5.74) is 52.9. The van der Waals surface area contributed by atoms with Gasteiger partial charge in [0.2, 0.25) is 0 Å². The first kappa shape index (κ1) is 100. The summed E-state index contributed by atoms with van der Waals surface area (Å²) >= 11 is 0. The van der Waals surface area contributed by atoms with Crippen LogP contribution in [-0.2, 0) is 92.5 Å². The summed E-state index contributed by atoms with van der Waals surface area (Å²) in [5, 5.41) is 33.3. The Bertz CT molecular complexity index is 6930. The van der Waals surface area contributed by atoms with Gasteiger partial charge in [-0.25, -0.2) is 19.9 Å². The molecule has 12 nitrogen and oxygen atoms in total. The number of nitrogens with one attached hydrogen (secondary N) is 4. The number of ether oxygens (including phenoxy) is 2. The molecule has 17 rings (SSSR count). The van der Waals surface area contributed by atoms with E-state index in [1.807, 2.05) is 0 Å². The second-order valence-corrected chi connectivity index (χ2v) is 43.8. The number of aromatic nitrogens is 8.